The molecule has 6 heteroatoms. The molecule has 0 unspecified atom stereocenters. The first-order chi connectivity index (χ1) is 13.1. The van der Waals surface area contributed by atoms with Crippen molar-refractivity contribution in [1.29, 1.82) is 5.41 Å². The number of nitrogens with one attached hydrogen (secondary N) is 3. The van der Waals surface area contributed by atoms with Gasteiger partial charge in [0.1, 0.15) is 12.4 Å². The minimum atomic E-state index is -0.444. The molecule has 27 heavy (non-hydrogen) atoms. The van der Waals surface area contributed by atoms with Crippen molar-refractivity contribution in [2.75, 3.05) is 5.32 Å². The van der Waals surface area contributed by atoms with E-state index in [9.17, 15) is 4.79 Å². The first kappa shape index (κ1) is 18.5. The predicted molar refractivity (Wildman–Crippen MR) is 107 cm³/mol. The van der Waals surface area contributed by atoms with Gasteiger partial charge in [0, 0.05) is 5.69 Å². The van der Waals surface area contributed by atoms with Crippen molar-refractivity contribution in [3.63, 3.8) is 0 Å². The Morgan fingerprint density at radius 1 is 0.926 bits per heavy atom. The number of amides is 1. The van der Waals surface area contributed by atoms with E-state index in [0.717, 1.165) is 11.3 Å². The normalized spacial score (nSPS) is 10.1. The van der Waals surface area contributed by atoms with Crippen LogP contribution in [0.2, 0.25) is 5.02 Å². The molecule has 0 atom stereocenters. The molecule has 0 bridgehead atoms. The third-order valence-electron chi connectivity index (χ3n) is 3.73. The number of benzene rings is 3. The fourth-order valence-corrected chi connectivity index (χ4v) is 2.60. The van der Waals surface area contributed by atoms with Gasteiger partial charge in [-0.2, -0.15) is 0 Å². The molecule has 5 nitrogen and oxygen atoms in total. The van der Waals surface area contributed by atoms with Gasteiger partial charge >= 0.3 is 0 Å². The second-order valence-electron chi connectivity index (χ2n) is 5.73. The molecule has 0 saturated heterocycles. The molecule has 3 aromatic rings. The Labute approximate surface area is 162 Å². The second kappa shape index (κ2) is 8.87. The lowest BCUT2D eigenvalue weighted by atomic mass is 10.2. The number of hydrogen-bond acceptors (Lipinski definition) is 3. The summed E-state index contributed by atoms with van der Waals surface area (Å²) in [6.45, 7) is 0.483. The van der Waals surface area contributed by atoms with Crippen LogP contribution < -0.4 is 15.4 Å². The van der Waals surface area contributed by atoms with Crippen LogP contribution in [0.3, 0.4) is 0 Å². The molecule has 136 valence electrons. The summed E-state index contributed by atoms with van der Waals surface area (Å²) < 4.78 is 5.72. The summed E-state index contributed by atoms with van der Waals surface area (Å²) in [7, 11) is 0. The summed E-state index contributed by atoms with van der Waals surface area (Å²) in [6, 6.07) is 23.7. The lowest BCUT2D eigenvalue weighted by Crippen LogP contribution is -2.35. The molecule has 0 radical (unpaired) electrons. The minimum absolute atomic E-state index is 0.141. The van der Waals surface area contributed by atoms with E-state index in [2.05, 4.69) is 10.6 Å². The van der Waals surface area contributed by atoms with Gasteiger partial charge in [-0.25, -0.2) is 0 Å². The van der Waals surface area contributed by atoms with E-state index in [4.69, 9.17) is 21.7 Å². The van der Waals surface area contributed by atoms with E-state index in [1.165, 1.54) is 0 Å². The number of rotatable bonds is 5. The molecule has 3 aromatic carbocycles. The predicted octanol–water partition coefficient (Wildman–Crippen LogP) is 4.70. The summed E-state index contributed by atoms with van der Waals surface area (Å²) in [5.41, 5.74) is 2.06. The Kier molecular flexibility index (Phi) is 6.07. The van der Waals surface area contributed by atoms with Crippen molar-refractivity contribution in [2.24, 2.45) is 0 Å². The number of anilines is 1. The van der Waals surface area contributed by atoms with E-state index in [0.29, 0.717) is 22.9 Å². The zero-order valence-corrected chi connectivity index (χ0v) is 15.2. The smallest absolute Gasteiger partial charge is 0.259 e. The Hall–Kier alpha value is -3.31. The first-order valence-electron chi connectivity index (χ1n) is 8.30. The van der Waals surface area contributed by atoms with Crippen molar-refractivity contribution < 1.29 is 9.53 Å². The van der Waals surface area contributed by atoms with E-state index < -0.39 is 5.91 Å². The van der Waals surface area contributed by atoms with Gasteiger partial charge in [-0.05, 0) is 42.0 Å². The third kappa shape index (κ3) is 5.33. The molecule has 3 N–H and O–H groups in total. The molecular weight excluding hydrogens is 362 g/mol. The topological polar surface area (TPSA) is 74.2 Å². The maximum Gasteiger partial charge on any atom is 0.259 e. The molecule has 1 amide bonds. The Bertz CT molecular complexity index is 928. The van der Waals surface area contributed by atoms with Gasteiger partial charge in [0.15, 0.2) is 5.96 Å². The highest BCUT2D eigenvalue weighted by Gasteiger charge is 2.11. The highest BCUT2D eigenvalue weighted by molar-refractivity contribution is 6.34. The number of halogens is 1. The molecule has 0 saturated carbocycles. The largest absolute Gasteiger partial charge is 0.489 e. The Morgan fingerprint density at radius 3 is 2.30 bits per heavy atom. The van der Waals surface area contributed by atoms with Crippen molar-refractivity contribution in [3.05, 3.63) is 95.0 Å². The van der Waals surface area contributed by atoms with Crippen LogP contribution >= 0.6 is 11.6 Å². The van der Waals surface area contributed by atoms with Crippen LogP contribution in [-0.4, -0.2) is 11.9 Å². The van der Waals surface area contributed by atoms with Gasteiger partial charge < -0.3 is 10.1 Å². The van der Waals surface area contributed by atoms with E-state index >= 15 is 0 Å². The summed E-state index contributed by atoms with van der Waals surface area (Å²) in [6.07, 6.45) is 0. The summed E-state index contributed by atoms with van der Waals surface area (Å²) in [4.78, 5) is 12.1. The van der Waals surface area contributed by atoms with Crippen LogP contribution in [0.1, 0.15) is 15.9 Å². The number of guanidine groups is 1. The van der Waals surface area contributed by atoms with E-state index in [1.54, 1.807) is 48.5 Å². The highest BCUT2D eigenvalue weighted by Crippen LogP contribution is 2.17. The van der Waals surface area contributed by atoms with Gasteiger partial charge in [0.25, 0.3) is 5.91 Å². The molecule has 0 aliphatic rings. The number of hydrogen-bond donors (Lipinski definition) is 3. The van der Waals surface area contributed by atoms with Gasteiger partial charge in [-0.15, -0.1) is 0 Å². The van der Waals surface area contributed by atoms with Gasteiger partial charge in [0.05, 0.1) is 10.6 Å². The molecule has 0 fully saturated rings. The first-order valence-corrected chi connectivity index (χ1v) is 8.68. The van der Waals surface area contributed by atoms with Crippen molar-refractivity contribution in [2.45, 2.75) is 6.61 Å². The zero-order chi connectivity index (χ0) is 19.1. The average Bonchev–Trinajstić information content (AvgIpc) is 2.68. The quantitative estimate of drug-likeness (QED) is 0.444. The van der Waals surface area contributed by atoms with Crippen LogP contribution in [0, 0.1) is 5.41 Å². The average molecular weight is 380 g/mol. The zero-order valence-electron chi connectivity index (χ0n) is 14.4. The Morgan fingerprint density at radius 2 is 1.59 bits per heavy atom. The molecule has 0 aromatic heterocycles. The molecule has 0 aliphatic carbocycles. The van der Waals surface area contributed by atoms with Crippen LogP contribution in [0.5, 0.6) is 5.75 Å². The molecule has 0 heterocycles. The summed E-state index contributed by atoms with van der Waals surface area (Å²) >= 11 is 5.99. The van der Waals surface area contributed by atoms with Gasteiger partial charge in [0.2, 0.25) is 0 Å². The van der Waals surface area contributed by atoms with Gasteiger partial charge in [-0.3, -0.25) is 15.5 Å². The minimum Gasteiger partial charge on any atom is -0.489 e. The molecule has 3 rings (SSSR count). The molecule has 0 aliphatic heterocycles. The van der Waals surface area contributed by atoms with Gasteiger partial charge in [-0.1, -0.05) is 54.1 Å². The third-order valence-corrected chi connectivity index (χ3v) is 4.06. The van der Waals surface area contributed by atoms with Crippen LogP contribution in [-0.2, 0) is 6.61 Å². The lowest BCUT2D eigenvalue weighted by Gasteiger charge is -2.11. The van der Waals surface area contributed by atoms with Crippen molar-refractivity contribution in [1.82, 2.24) is 5.32 Å². The van der Waals surface area contributed by atoms with Crippen LogP contribution in [0.25, 0.3) is 0 Å². The summed E-state index contributed by atoms with van der Waals surface area (Å²) in [5, 5.41) is 13.5. The monoisotopic (exact) mass is 379 g/mol. The number of carbonyl (C=O) groups is 1. The molecule has 0 spiro atoms. The second-order valence-corrected chi connectivity index (χ2v) is 6.14. The standard InChI is InChI=1S/C21H18ClN3O2/c22-19-9-5-4-8-18(19)20(26)25-21(23)24-16-10-12-17(13-11-16)27-14-15-6-2-1-3-7-15/h1-13H,14H2,(H3,23,24,25,26). The number of ether oxygens (including phenoxy) is 1. The van der Waals surface area contributed by atoms with Crippen LogP contribution in [0.15, 0.2) is 78.9 Å². The number of carbonyl (C=O) groups excluding carboxylic acids is 1. The van der Waals surface area contributed by atoms with Crippen molar-refractivity contribution >= 4 is 29.2 Å². The van der Waals surface area contributed by atoms with E-state index in [-0.39, 0.29) is 5.96 Å². The summed E-state index contributed by atoms with van der Waals surface area (Å²) in [5.74, 6) is 0.134. The fraction of sp³-hybridized carbons (Fsp3) is 0.0476. The SMILES string of the molecule is N=C(NC(=O)c1ccccc1Cl)Nc1ccc(OCc2ccccc2)cc1. The fourth-order valence-electron chi connectivity index (χ4n) is 2.38. The highest BCUT2D eigenvalue weighted by atomic mass is 35.5. The maximum atomic E-state index is 12.1. The Balaban J connectivity index is 1.52. The van der Waals surface area contributed by atoms with Crippen molar-refractivity contribution in [3.8, 4) is 5.75 Å². The van der Waals surface area contributed by atoms with Crippen LogP contribution in [0.4, 0.5) is 5.69 Å². The maximum absolute atomic E-state index is 12.1. The lowest BCUT2D eigenvalue weighted by molar-refractivity contribution is 0.0977. The molecular formula is C21H18ClN3O2. The van der Waals surface area contributed by atoms with E-state index in [1.807, 2.05) is 30.3 Å².